The first-order valence-corrected chi connectivity index (χ1v) is 19.6. The van der Waals surface area contributed by atoms with Crippen LogP contribution >= 0.6 is 19.5 Å². The third kappa shape index (κ3) is 12.8. The van der Waals surface area contributed by atoms with Crippen molar-refractivity contribution in [1.82, 2.24) is 0 Å². The zero-order chi connectivity index (χ0) is 37.7. The number of hydrogen-bond acceptors (Lipinski definition) is 2. The Hall–Kier alpha value is -4.00. The molecule has 0 saturated heterocycles. The number of phenolic OH excluding ortho intramolecular Hbond substituents is 1. The summed E-state index contributed by atoms with van der Waals surface area (Å²) in [5, 5.41) is 15.5. The van der Waals surface area contributed by atoms with Crippen molar-refractivity contribution < 1.29 is 21.6 Å². The van der Waals surface area contributed by atoms with Crippen LogP contribution in [0.2, 0.25) is 5.02 Å². The van der Waals surface area contributed by atoms with Crippen LogP contribution in [0.15, 0.2) is 157 Å². The monoisotopic (exact) mass is 782 g/mol. The Morgan fingerprint density at radius 2 is 1.04 bits per heavy atom. The number of phenols is 1. The summed E-state index contributed by atoms with van der Waals surface area (Å²) in [4.78, 5) is 4.87. The summed E-state index contributed by atoms with van der Waals surface area (Å²) in [6.07, 6.45) is 1.74. The summed E-state index contributed by atoms with van der Waals surface area (Å²) in [6, 6.07) is 54.8. The van der Waals surface area contributed by atoms with E-state index in [0.29, 0.717) is 10.6 Å². The van der Waals surface area contributed by atoms with E-state index in [1.165, 1.54) is 27.0 Å². The molecule has 0 radical (unpaired) electrons. The average Bonchev–Trinajstić information content (AvgIpc) is 3.13. The Morgan fingerprint density at radius 3 is 1.38 bits per heavy atom. The number of rotatable bonds is 6. The third-order valence-corrected chi connectivity index (χ3v) is 11.1. The molecule has 6 aromatic rings. The van der Waals surface area contributed by atoms with E-state index in [0.717, 1.165) is 11.3 Å². The van der Waals surface area contributed by atoms with E-state index < -0.39 is 7.92 Å². The molecule has 6 aromatic carbocycles. The molecule has 0 saturated carbocycles. The Kier molecular flexibility index (Phi) is 16.8. The average molecular weight is 784 g/mol. The van der Waals surface area contributed by atoms with Gasteiger partial charge in [-0.05, 0) is 69.4 Å². The van der Waals surface area contributed by atoms with Gasteiger partial charge in [-0.15, -0.1) is 0 Å². The summed E-state index contributed by atoms with van der Waals surface area (Å²) in [7, 11) is -0.446. The smallest absolute Gasteiger partial charge is 0.127 e. The van der Waals surface area contributed by atoms with E-state index in [1.807, 2.05) is 50.2 Å². The van der Waals surface area contributed by atoms with E-state index in [9.17, 15) is 5.11 Å². The van der Waals surface area contributed by atoms with E-state index in [1.54, 1.807) is 12.3 Å². The van der Waals surface area contributed by atoms with Gasteiger partial charge in [-0.2, -0.15) is 36.4 Å². The molecule has 0 aliphatic rings. The maximum absolute atomic E-state index is 10.7. The first kappa shape index (κ1) is 43.4. The van der Waals surface area contributed by atoms with Crippen LogP contribution in [-0.4, -0.2) is 11.3 Å². The minimum Gasteiger partial charge on any atom is -0.507 e. The predicted octanol–water partition coefficient (Wildman–Crippen LogP) is 12.4. The molecule has 0 aromatic heterocycles. The normalized spacial score (nSPS) is 11.3. The molecule has 53 heavy (non-hydrogen) atoms. The van der Waals surface area contributed by atoms with Gasteiger partial charge in [-0.3, -0.25) is 4.99 Å². The van der Waals surface area contributed by atoms with Gasteiger partial charge in [-0.25, -0.2) is 0 Å². The zero-order valence-electron chi connectivity index (χ0n) is 32.1. The van der Waals surface area contributed by atoms with Gasteiger partial charge >= 0.3 is 0 Å². The van der Waals surface area contributed by atoms with Crippen molar-refractivity contribution in [3.8, 4) is 5.75 Å². The first-order valence-electron chi connectivity index (χ1n) is 17.8. The number of benzene rings is 6. The second-order valence-corrected chi connectivity index (χ2v) is 17.6. The molecule has 278 valence electrons. The molecule has 0 amide bonds. The van der Waals surface area contributed by atoms with Crippen LogP contribution in [0.4, 0.5) is 5.69 Å². The van der Waals surface area contributed by atoms with E-state index in [-0.39, 0.29) is 39.0 Å². The maximum atomic E-state index is 10.7. The van der Waals surface area contributed by atoms with Crippen LogP contribution in [0, 0.1) is 6.07 Å². The fourth-order valence-corrected chi connectivity index (χ4v) is 8.27. The Labute approximate surface area is 335 Å². The van der Waals surface area contributed by atoms with Gasteiger partial charge in [0.1, 0.15) is 5.75 Å². The molecule has 0 atom stereocenters. The summed E-state index contributed by atoms with van der Waals surface area (Å²) in [5.41, 5.74) is 4.77. The summed E-state index contributed by atoms with van der Waals surface area (Å²) in [5.74, 6) is 0.437. The van der Waals surface area contributed by atoms with Crippen LogP contribution < -0.4 is 15.9 Å². The Balaban J connectivity index is 0.000000251. The molecule has 0 spiro atoms. The van der Waals surface area contributed by atoms with Crippen LogP contribution in [0.5, 0.6) is 5.75 Å². The topological polar surface area (TPSA) is 32.6 Å². The minimum atomic E-state index is -0.446. The SMILES string of the molecule is CC(C)c1cc(Cl)cc(C=Nc2c(C(C)(C)C)cccc2C(C)(C)C)c1O.[Ni].[c-]1ccccc1.c1ccc(P(c2ccccc2)c2ccccc2)cc1. The maximum Gasteiger partial charge on any atom is 0.127 e. The zero-order valence-corrected chi connectivity index (χ0v) is 34.8. The van der Waals surface area contributed by atoms with Crippen LogP contribution in [0.25, 0.3) is 0 Å². The second kappa shape index (κ2) is 20.5. The fourth-order valence-electron chi connectivity index (χ4n) is 5.73. The molecule has 0 aliphatic carbocycles. The van der Waals surface area contributed by atoms with Crippen molar-refractivity contribution in [2.75, 3.05) is 0 Å². The standard InChI is InChI=1S/C24H32ClNO.C18H15P.C6H5.Ni/c1-15(2)18-13-17(25)12-16(22(18)27)14-26-21-19(23(3,4)5)10-9-11-20(21)24(6,7)8;1-4-10-16(11-5-1)19(17-12-6-2-7-13-17)18-14-8-3-9-15-18;1-2-4-6-5-3-1;/h9-15,27H,1-8H3;1-15H;1-5H;/q;;-1;. The van der Waals surface area contributed by atoms with Gasteiger partial charge in [0.15, 0.2) is 0 Å². The molecule has 0 aliphatic heterocycles. The summed E-state index contributed by atoms with van der Waals surface area (Å²) < 4.78 is 0. The number of aliphatic imine (C=N–C) groups is 1. The number of nitrogens with zero attached hydrogens (tertiary/aromatic N) is 1. The quantitative estimate of drug-likeness (QED) is 0.0776. The van der Waals surface area contributed by atoms with Crippen molar-refractivity contribution in [3.63, 3.8) is 0 Å². The van der Waals surface area contributed by atoms with Crippen molar-refractivity contribution in [1.29, 1.82) is 0 Å². The molecular formula is C48H52ClNNiOP-. The van der Waals surface area contributed by atoms with Gasteiger partial charge in [0.25, 0.3) is 0 Å². The molecule has 0 bridgehead atoms. The Bertz CT molecular complexity index is 1830. The molecule has 6 rings (SSSR count). The number of aromatic hydroxyl groups is 1. The van der Waals surface area contributed by atoms with Gasteiger partial charge in [0.05, 0.1) is 5.69 Å². The molecular weight excluding hydrogens is 732 g/mol. The third-order valence-electron chi connectivity index (χ3n) is 8.39. The van der Waals surface area contributed by atoms with Gasteiger partial charge in [0, 0.05) is 33.3 Å². The van der Waals surface area contributed by atoms with Crippen molar-refractivity contribution in [2.45, 2.75) is 72.1 Å². The number of para-hydroxylation sites is 1. The minimum absolute atomic E-state index is 0. The van der Waals surface area contributed by atoms with Gasteiger partial charge in [-0.1, -0.05) is 176 Å². The van der Waals surface area contributed by atoms with E-state index in [4.69, 9.17) is 16.6 Å². The number of hydrogen-bond donors (Lipinski definition) is 1. The summed E-state index contributed by atoms with van der Waals surface area (Å²) >= 11 is 6.28. The van der Waals surface area contributed by atoms with Gasteiger partial charge in [0.2, 0.25) is 0 Å². The molecule has 0 unspecified atom stereocenters. The van der Waals surface area contributed by atoms with Crippen LogP contribution in [0.1, 0.15) is 83.6 Å². The molecule has 0 fully saturated rings. The Morgan fingerprint density at radius 1 is 0.623 bits per heavy atom. The first-order chi connectivity index (χ1) is 24.8. The van der Waals surface area contributed by atoms with Crippen molar-refractivity contribution >= 4 is 47.3 Å². The fraction of sp³-hybridized carbons (Fsp3) is 0.229. The second-order valence-electron chi connectivity index (χ2n) is 15.0. The molecule has 0 heterocycles. The van der Waals surface area contributed by atoms with Crippen molar-refractivity contribution in [3.05, 3.63) is 185 Å². The molecule has 5 heteroatoms. The number of halogens is 1. The molecule has 2 nitrogen and oxygen atoms in total. The molecule has 1 N–H and O–H groups in total. The largest absolute Gasteiger partial charge is 0.507 e. The van der Waals surface area contributed by atoms with E-state index in [2.05, 4.69) is 157 Å². The van der Waals surface area contributed by atoms with E-state index >= 15 is 0 Å². The van der Waals surface area contributed by atoms with Crippen LogP contribution in [0.3, 0.4) is 0 Å². The summed E-state index contributed by atoms with van der Waals surface area (Å²) in [6.45, 7) is 17.3. The van der Waals surface area contributed by atoms with Gasteiger partial charge < -0.3 is 5.11 Å². The van der Waals surface area contributed by atoms with Crippen molar-refractivity contribution in [2.24, 2.45) is 4.99 Å². The van der Waals surface area contributed by atoms with Crippen LogP contribution in [-0.2, 0) is 27.3 Å². The predicted molar refractivity (Wildman–Crippen MR) is 229 cm³/mol.